The van der Waals surface area contributed by atoms with E-state index in [1.807, 2.05) is 25.3 Å². The quantitative estimate of drug-likeness (QED) is 0.323. The minimum Gasteiger partial charge on any atom is -0.375 e. The smallest absolute Gasteiger partial charge is 0.189 e. The maximum absolute atomic E-state index is 5.79. The maximum Gasteiger partial charge on any atom is 0.189 e. The fourth-order valence-corrected chi connectivity index (χ4v) is 2.20. The Bertz CT molecular complexity index is 532. The van der Waals surface area contributed by atoms with Crippen molar-refractivity contribution in [2.75, 3.05) is 31.1 Å². The predicted molar refractivity (Wildman–Crippen MR) is 105 cm³/mol. The number of nitrogens with two attached hydrogens (primary N) is 1. The van der Waals surface area contributed by atoms with Gasteiger partial charge in [-0.15, -0.1) is 24.0 Å². The SMILES string of the molecule is C=C(C)CNC(N)=NCc1ccc(N2CCOC(C)C2)nc1.I. The fraction of sp³-hybridized carbons (Fsp3) is 0.500. The van der Waals surface area contributed by atoms with E-state index < -0.39 is 0 Å². The zero-order chi connectivity index (χ0) is 15.9. The van der Waals surface area contributed by atoms with E-state index in [0.717, 1.165) is 36.7 Å². The first-order valence-corrected chi connectivity index (χ1v) is 7.54. The van der Waals surface area contributed by atoms with Crippen molar-refractivity contribution in [2.45, 2.75) is 26.5 Å². The molecular formula is C16H26IN5O. The van der Waals surface area contributed by atoms with Crippen LogP contribution in [0.4, 0.5) is 5.82 Å². The number of nitrogens with zero attached hydrogens (tertiary/aromatic N) is 3. The van der Waals surface area contributed by atoms with Crippen LogP contribution in [-0.2, 0) is 11.3 Å². The van der Waals surface area contributed by atoms with Crippen LogP contribution in [-0.4, -0.2) is 43.3 Å². The number of aliphatic imine (C=N–C) groups is 1. The van der Waals surface area contributed by atoms with Gasteiger partial charge < -0.3 is 20.7 Å². The summed E-state index contributed by atoms with van der Waals surface area (Å²) < 4.78 is 5.54. The van der Waals surface area contributed by atoms with E-state index in [1.165, 1.54) is 0 Å². The number of hydrogen-bond donors (Lipinski definition) is 2. The molecule has 1 saturated heterocycles. The summed E-state index contributed by atoms with van der Waals surface area (Å²) in [6, 6.07) is 4.07. The van der Waals surface area contributed by atoms with E-state index in [9.17, 15) is 0 Å². The highest BCUT2D eigenvalue weighted by Crippen LogP contribution is 2.15. The highest BCUT2D eigenvalue weighted by Gasteiger charge is 2.17. The highest BCUT2D eigenvalue weighted by atomic mass is 127. The number of anilines is 1. The van der Waals surface area contributed by atoms with Crippen LogP contribution in [0.1, 0.15) is 19.4 Å². The molecule has 1 fully saturated rings. The summed E-state index contributed by atoms with van der Waals surface area (Å²) in [7, 11) is 0. The monoisotopic (exact) mass is 431 g/mol. The number of guanidine groups is 1. The van der Waals surface area contributed by atoms with Crippen LogP contribution < -0.4 is 16.0 Å². The van der Waals surface area contributed by atoms with Gasteiger partial charge in [0.2, 0.25) is 0 Å². The van der Waals surface area contributed by atoms with Gasteiger partial charge in [0.1, 0.15) is 5.82 Å². The van der Waals surface area contributed by atoms with Gasteiger partial charge in [0.15, 0.2) is 5.96 Å². The predicted octanol–water partition coefficient (Wildman–Crippen LogP) is 1.91. The third kappa shape index (κ3) is 6.74. The zero-order valence-corrected chi connectivity index (χ0v) is 16.1. The summed E-state index contributed by atoms with van der Waals surface area (Å²) in [5.74, 6) is 1.41. The molecule has 1 aliphatic heterocycles. The molecule has 2 heterocycles. The Labute approximate surface area is 155 Å². The first-order valence-electron chi connectivity index (χ1n) is 7.54. The Balaban J connectivity index is 0.00000264. The van der Waals surface area contributed by atoms with Crippen molar-refractivity contribution in [2.24, 2.45) is 10.7 Å². The van der Waals surface area contributed by atoms with E-state index >= 15 is 0 Å². The third-order valence-corrected chi connectivity index (χ3v) is 3.38. The van der Waals surface area contributed by atoms with Gasteiger partial charge in [-0.25, -0.2) is 9.98 Å². The maximum atomic E-state index is 5.79. The molecule has 0 amide bonds. The van der Waals surface area contributed by atoms with Crippen molar-refractivity contribution in [3.05, 3.63) is 36.0 Å². The molecule has 7 heteroatoms. The lowest BCUT2D eigenvalue weighted by Gasteiger charge is -2.32. The summed E-state index contributed by atoms with van der Waals surface area (Å²) in [6.45, 7) is 11.5. The Morgan fingerprint density at radius 3 is 2.96 bits per heavy atom. The number of pyridine rings is 1. The zero-order valence-electron chi connectivity index (χ0n) is 13.8. The average Bonchev–Trinajstić information content (AvgIpc) is 2.51. The average molecular weight is 431 g/mol. The number of rotatable bonds is 5. The van der Waals surface area contributed by atoms with E-state index in [4.69, 9.17) is 10.5 Å². The Kier molecular flexibility index (Phi) is 8.32. The number of halogens is 1. The minimum atomic E-state index is 0. The van der Waals surface area contributed by atoms with E-state index in [1.54, 1.807) is 0 Å². The number of hydrogen-bond acceptors (Lipinski definition) is 4. The second-order valence-electron chi connectivity index (χ2n) is 5.66. The highest BCUT2D eigenvalue weighted by molar-refractivity contribution is 14.0. The molecule has 0 aromatic carbocycles. The Morgan fingerprint density at radius 2 is 2.35 bits per heavy atom. The number of ether oxygens (including phenoxy) is 1. The van der Waals surface area contributed by atoms with Gasteiger partial charge in [0.05, 0.1) is 19.3 Å². The summed E-state index contributed by atoms with van der Waals surface area (Å²) in [4.78, 5) is 11.0. The third-order valence-electron chi connectivity index (χ3n) is 3.38. The molecule has 2 rings (SSSR count). The van der Waals surface area contributed by atoms with Crippen LogP contribution in [0.5, 0.6) is 0 Å². The van der Waals surface area contributed by atoms with Gasteiger partial charge in [-0.05, 0) is 25.5 Å². The van der Waals surface area contributed by atoms with E-state index in [2.05, 4.69) is 33.7 Å². The number of aromatic nitrogens is 1. The summed E-state index contributed by atoms with van der Waals surface area (Å²) >= 11 is 0. The van der Waals surface area contributed by atoms with Crippen molar-refractivity contribution in [3.63, 3.8) is 0 Å². The molecule has 3 N–H and O–H groups in total. The van der Waals surface area contributed by atoms with E-state index in [-0.39, 0.29) is 30.1 Å². The first kappa shape index (κ1) is 19.7. The lowest BCUT2D eigenvalue weighted by molar-refractivity contribution is 0.0529. The van der Waals surface area contributed by atoms with Crippen molar-refractivity contribution in [1.82, 2.24) is 10.3 Å². The van der Waals surface area contributed by atoms with Crippen molar-refractivity contribution >= 4 is 35.8 Å². The van der Waals surface area contributed by atoms with Crippen LogP contribution in [0, 0.1) is 0 Å². The Morgan fingerprint density at radius 1 is 1.57 bits per heavy atom. The molecule has 0 saturated carbocycles. The normalized spacial score (nSPS) is 18.3. The second kappa shape index (κ2) is 9.71. The molecule has 23 heavy (non-hydrogen) atoms. The molecule has 1 aromatic rings. The summed E-state index contributed by atoms with van der Waals surface area (Å²) in [6.07, 6.45) is 2.10. The largest absolute Gasteiger partial charge is 0.375 e. The lowest BCUT2D eigenvalue weighted by Crippen LogP contribution is -2.41. The summed E-state index contributed by atoms with van der Waals surface area (Å²) in [5, 5.41) is 3.01. The van der Waals surface area contributed by atoms with Gasteiger partial charge in [0, 0.05) is 25.8 Å². The fourth-order valence-electron chi connectivity index (χ4n) is 2.20. The van der Waals surface area contributed by atoms with Crippen LogP contribution in [0.15, 0.2) is 35.5 Å². The van der Waals surface area contributed by atoms with Crippen LogP contribution in [0.25, 0.3) is 0 Å². The van der Waals surface area contributed by atoms with Gasteiger partial charge in [-0.1, -0.05) is 18.2 Å². The van der Waals surface area contributed by atoms with E-state index in [0.29, 0.717) is 19.0 Å². The van der Waals surface area contributed by atoms with Gasteiger partial charge in [-0.2, -0.15) is 0 Å². The van der Waals surface area contributed by atoms with Crippen molar-refractivity contribution in [1.29, 1.82) is 0 Å². The van der Waals surface area contributed by atoms with Crippen LogP contribution in [0.2, 0.25) is 0 Å². The molecule has 0 aliphatic carbocycles. The Hall–Kier alpha value is -1.35. The van der Waals surface area contributed by atoms with Gasteiger partial charge >= 0.3 is 0 Å². The van der Waals surface area contributed by atoms with Crippen LogP contribution >= 0.6 is 24.0 Å². The molecule has 0 spiro atoms. The minimum absolute atomic E-state index is 0. The summed E-state index contributed by atoms with van der Waals surface area (Å²) in [5.41, 5.74) is 7.84. The van der Waals surface area contributed by atoms with Crippen molar-refractivity contribution in [3.8, 4) is 0 Å². The molecule has 128 valence electrons. The van der Waals surface area contributed by atoms with Gasteiger partial charge in [-0.3, -0.25) is 0 Å². The molecule has 0 radical (unpaired) electrons. The first-order chi connectivity index (χ1) is 10.5. The number of morpholine rings is 1. The molecule has 1 aromatic heterocycles. The van der Waals surface area contributed by atoms with Crippen LogP contribution in [0.3, 0.4) is 0 Å². The lowest BCUT2D eigenvalue weighted by atomic mass is 10.2. The second-order valence-corrected chi connectivity index (χ2v) is 5.66. The number of nitrogens with one attached hydrogen (secondary N) is 1. The molecular weight excluding hydrogens is 405 g/mol. The topological polar surface area (TPSA) is 75.8 Å². The van der Waals surface area contributed by atoms with Crippen molar-refractivity contribution < 1.29 is 4.74 Å². The molecule has 1 atom stereocenters. The molecule has 0 bridgehead atoms. The molecule has 1 unspecified atom stereocenters. The molecule has 6 nitrogen and oxygen atoms in total. The standard InChI is InChI=1S/C16H25N5O.HI/c1-12(2)8-19-16(17)20-10-14-4-5-15(18-9-14)21-6-7-22-13(3)11-21;/h4-5,9,13H,1,6-8,10-11H2,2-3H3,(H3,17,19,20);1H. The van der Waals surface area contributed by atoms with Gasteiger partial charge in [0.25, 0.3) is 0 Å². The molecule has 1 aliphatic rings.